The first-order valence-corrected chi connectivity index (χ1v) is 11.2. The fourth-order valence-electron chi connectivity index (χ4n) is 4.52. The third-order valence-electron chi connectivity index (χ3n) is 6.57. The lowest BCUT2D eigenvalue weighted by molar-refractivity contribution is -0.134. The average Bonchev–Trinajstić information content (AvgIpc) is 3.24. The van der Waals surface area contributed by atoms with Crippen LogP contribution in [0.3, 0.4) is 0 Å². The zero-order chi connectivity index (χ0) is 22.7. The third-order valence-corrected chi connectivity index (χ3v) is 6.57. The minimum absolute atomic E-state index is 0.148. The molecule has 0 aromatic carbocycles. The van der Waals surface area contributed by atoms with Gasteiger partial charge in [0, 0.05) is 52.2 Å². The Morgan fingerprint density at radius 3 is 2.64 bits per heavy atom. The molecule has 0 atom stereocenters. The molecule has 33 heavy (non-hydrogen) atoms. The molecule has 2 fully saturated rings. The van der Waals surface area contributed by atoms with Crippen molar-refractivity contribution in [3.63, 3.8) is 0 Å². The summed E-state index contributed by atoms with van der Waals surface area (Å²) in [6.45, 7) is 4.22. The number of rotatable bonds is 5. The van der Waals surface area contributed by atoms with Crippen molar-refractivity contribution < 1.29 is 9.21 Å². The van der Waals surface area contributed by atoms with Crippen molar-refractivity contribution in [3.05, 3.63) is 28.9 Å². The van der Waals surface area contributed by atoms with E-state index in [4.69, 9.17) is 10.2 Å². The third kappa shape index (κ3) is 3.28. The number of fused-ring (bicyclic) bond motifs is 3. The van der Waals surface area contributed by atoms with Crippen LogP contribution in [0.25, 0.3) is 28.4 Å². The second kappa shape index (κ2) is 7.44. The molecule has 1 aliphatic carbocycles. The first-order valence-electron chi connectivity index (χ1n) is 11.2. The number of carbonyl (C=O) groups excluding carboxylic acids is 1. The van der Waals surface area contributed by atoms with E-state index in [9.17, 15) is 9.59 Å². The summed E-state index contributed by atoms with van der Waals surface area (Å²) < 4.78 is 10.00. The van der Waals surface area contributed by atoms with E-state index in [1.54, 1.807) is 30.0 Å². The molecule has 12 heteroatoms. The van der Waals surface area contributed by atoms with Crippen molar-refractivity contribution >= 4 is 28.7 Å². The fraction of sp³-hybridized carbons (Fsp3) is 0.476. The summed E-state index contributed by atoms with van der Waals surface area (Å²) in [5.74, 6) is 1.58. The first-order chi connectivity index (χ1) is 16.0. The number of furan rings is 1. The highest BCUT2D eigenvalue weighted by atomic mass is 16.3. The van der Waals surface area contributed by atoms with Crippen LogP contribution in [0.15, 0.2) is 27.6 Å². The Bertz CT molecular complexity index is 1400. The highest BCUT2D eigenvalue weighted by Crippen LogP contribution is 2.31. The summed E-state index contributed by atoms with van der Waals surface area (Å²) in [4.78, 5) is 38.6. The van der Waals surface area contributed by atoms with Crippen LogP contribution in [0, 0.1) is 5.92 Å². The van der Waals surface area contributed by atoms with Crippen molar-refractivity contribution in [1.82, 2.24) is 38.5 Å². The Labute approximate surface area is 188 Å². The van der Waals surface area contributed by atoms with E-state index in [1.165, 1.54) is 9.08 Å². The topological polar surface area (TPSA) is 133 Å². The van der Waals surface area contributed by atoms with Crippen LogP contribution >= 0.6 is 0 Å². The van der Waals surface area contributed by atoms with Gasteiger partial charge in [0.25, 0.3) is 0 Å². The maximum Gasteiger partial charge on any atom is 0.330 e. The molecular formula is C21H25N9O3. The Morgan fingerprint density at radius 1 is 1.15 bits per heavy atom. The highest BCUT2D eigenvalue weighted by molar-refractivity contribution is 5.88. The molecule has 1 saturated carbocycles. The van der Waals surface area contributed by atoms with Crippen molar-refractivity contribution in [2.75, 3.05) is 38.5 Å². The zero-order valence-corrected chi connectivity index (χ0v) is 18.3. The molecule has 172 valence electrons. The van der Waals surface area contributed by atoms with E-state index >= 15 is 0 Å². The van der Waals surface area contributed by atoms with Gasteiger partial charge in [-0.05, 0) is 25.0 Å². The quantitative estimate of drug-likeness (QED) is 0.454. The van der Waals surface area contributed by atoms with E-state index in [2.05, 4.69) is 20.0 Å². The van der Waals surface area contributed by atoms with Gasteiger partial charge in [-0.2, -0.15) is 9.50 Å². The minimum atomic E-state index is -0.185. The van der Waals surface area contributed by atoms with Crippen molar-refractivity contribution in [1.29, 1.82) is 0 Å². The molecule has 6 rings (SSSR count). The average molecular weight is 451 g/mol. The lowest BCUT2D eigenvalue weighted by Gasteiger charge is -2.34. The van der Waals surface area contributed by atoms with Crippen molar-refractivity contribution in [3.8, 4) is 11.6 Å². The molecule has 4 aromatic rings. The Morgan fingerprint density at radius 2 is 1.94 bits per heavy atom. The fourth-order valence-corrected chi connectivity index (χ4v) is 4.52. The van der Waals surface area contributed by atoms with Crippen LogP contribution in [0.5, 0.6) is 0 Å². The molecule has 1 aliphatic heterocycles. The number of imidazole rings is 1. The molecule has 2 N–H and O–H groups in total. The van der Waals surface area contributed by atoms with Gasteiger partial charge in [0.05, 0.1) is 6.26 Å². The van der Waals surface area contributed by atoms with Crippen molar-refractivity contribution in [2.45, 2.75) is 19.4 Å². The van der Waals surface area contributed by atoms with Crippen LogP contribution in [-0.2, 0) is 18.4 Å². The largest absolute Gasteiger partial charge is 0.461 e. The van der Waals surface area contributed by atoms with Gasteiger partial charge in [0.2, 0.25) is 17.7 Å². The number of nitrogens with two attached hydrogens (primary N) is 1. The predicted octanol–water partition coefficient (Wildman–Crippen LogP) is 0.174. The lowest BCUT2D eigenvalue weighted by atomic mass is 10.2. The van der Waals surface area contributed by atoms with Crippen LogP contribution in [0.2, 0.25) is 0 Å². The number of nitrogens with zero attached hydrogens (tertiary/aromatic N) is 8. The summed E-state index contributed by atoms with van der Waals surface area (Å²) in [6.07, 6.45) is 3.61. The Balaban J connectivity index is 1.27. The normalized spacial score (nSPS) is 17.4. The number of aryl methyl sites for hydroxylation is 1. The van der Waals surface area contributed by atoms with E-state index in [1.807, 2.05) is 4.90 Å². The molecule has 5 heterocycles. The summed E-state index contributed by atoms with van der Waals surface area (Å²) >= 11 is 0. The number of nitrogen functional groups attached to an aromatic ring is 1. The van der Waals surface area contributed by atoms with Crippen LogP contribution in [0.4, 0.5) is 5.95 Å². The SMILES string of the molecule is Cn1c(=O)n(CCN2CCN(C(=O)C3CC3)CC2)c2nc(N)n3nc(-c4ccco4)nc3c21. The summed E-state index contributed by atoms with van der Waals surface area (Å²) in [5.41, 5.74) is 7.49. The monoisotopic (exact) mass is 451 g/mol. The van der Waals surface area contributed by atoms with E-state index < -0.39 is 0 Å². The van der Waals surface area contributed by atoms with Gasteiger partial charge in [-0.25, -0.2) is 9.78 Å². The van der Waals surface area contributed by atoms with Gasteiger partial charge >= 0.3 is 5.69 Å². The summed E-state index contributed by atoms with van der Waals surface area (Å²) in [6, 6.07) is 3.52. The molecule has 12 nitrogen and oxygen atoms in total. The van der Waals surface area contributed by atoms with Gasteiger partial charge in [-0.1, -0.05) is 0 Å². The lowest BCUT2D eigenvalue weighted by Crippen LogP contribution is -2.50. The summed E-state index contributed by atoms with van der Waals surface area (Å²) in [7, 11) is 1.70. The maximum absolute atomic E-state index is 13.1. The van der Waals surface area contributed by atoms with Crippen molar-refractivity contribution in [2.24, 2.45) is 13.0 Å². The standard InChI is InChI=1S/C21H25N9O3/c1-26-15-17(24-20(22)30-18(15)23-16(25-30)14-3-2-12-33-14)29(21(26)32)11-8-27-6-9-28(10-7-27)19(31)13-4-5-13/h2-3,12-13H,4-11H2,1H3,(H2,22,24). The molecule has 0 bridgehead atoms. The van der Waals surface area contributed by atoms with Gasteiger partial charge in [0.1, 0.15) is 5.52 Å². The summed E-state index contributed by atoms with van der Waals surface area (Å²) in [5, 5.41) is 4.40. The highest BCUT2D eigenvalue weighted by Gasteiger charge is 2.34. The number of piperazine rings is 1. The molecular weight excluding hydrogens is 426 g/mol. The molecule has 0 spiro atoms. The smallest absolute Gasteiger partial charge is 0.330 e. The predicted molar refractivity (Wildman–Crippen MR) is 119 cm³/mol. The number of carbonyl (C=O) groups is 1. The molecule has 4 aromatic heterocycles. The van der Waals surface area contributed by atoms with Gasteiger partial charge in [-0.15, -0.1) is 5.10 Å². The Kier molecular flexibility index (Phi) is 4.50. The second-order valence-electron chi connectivity index (χ2n) is 8.72. The zero-order valence-electron chi connectivity index (χ0n) is 18.3. The number of aromatic nitrogens is 6. The second-order valence-corrected chi connectivity index (χ2v) is 8.72. The number of anilines is 1. The number of hydrogen-bond donors (Lipinski definition) is 1. The molecule has 1 amide bonds. The van der Waals surface area contributed by atoms with Gasteiger partial charge in [0.15, 0.2) is 17.1 Å². The Hall–Kier alpha value is -3.67. The number of hydrogen-bond acceptors (Lipinski definition) is 8. The molecule has 0 radical (unpaired) electrons. The molecule has 0 unspecified atom stereocenters. The van der Waals surface area contributed by atoms with E-state index in [0.29, 0.717) is 47.4 Å². The van der Waals surface area contributed by atoms with E-state index in [0.717, 1.165) is 39.0 Å². The minimum Gasteiger partial charge on any atom is -0.461 e. The van der Waals surface area contributed by atoms with Crippen LogP contribution in [-0.4, -0.2) is 77.1 Å². The van der Waals surface area contributed by atoms with E-state index in [-0.39, 0.29) is 17.6 Å². The molecule has 1 saturated heterocycles. The van der Waals surface area contributed by atoms with Gasteiger partial charge < -0.3 is 15.1 Å². The molecule has 2 aliphatic rings. The van der Waals surface area contributed by atoms with Crippen LogP contribution in [0.1, 0.15) is 12.8 Å². The maximum atomic E-state index is 13.1. The first kappa shape index (κ1) is 20.0. The number of amides is 1. The van der Waals surface area contributed by atoms with Gasteiger partial charge in [-0.3, -0.25) is 18.8 Å². The van der Waals surface area contributed by atoms with Crippen LogP contribution < -0.4 is 11.4 Å².